The third kappa shape index (κ3) is 3.55. The molecule has 0 saturated heterocycles. The number of hydrogen-bond donors (Lipinski definition) is 1. The van der Waals surface area contributed by atoms with Gasteiger partial charge in [0.1, 0.15) is 5.75 Å². The Morgan fingerprint density at radius 2 is 1.85 bits per heavy atom. The summed E-state index contributed by atoms with van der Waals surface area (Å²) in [7, 11) is -3.21. The molecule has 20 heavy (non-hydrogen) atoms. The second-order valence-corrected chi connectivity index (χ2v) is 6.46. The number of rotatable bonds is 4. The van der Waals surface area contributed by atoms with Crippen molar-refractivity contribution in [2.24, 2.45) is 0 Å². The highest BCUT2D eigenvalue weighted by molar-refractivity contribution is 7.90. The molecular weight excluding hydrogens is 278 g/mol. The quantitative estimate of drug-likeness (QED) is 0.936. The van der Waals surface area contributed by atoms with E-state index in [2.05, 4.69) is 4.98 Å². The molecule has 106 valence electrons. The van der Waals surface area contributed by atoms with E-state index in [4.69, 9.17) is 4.74 Å². The summed E-state index contributed by atoms with van der Waals surface area (Å²) in [5, 5.41) is 9.49. The van der Waals surface area contributed by atoms with E-state index in [9.17, 15) is 13.5 Å². The minimum absolute atomic E-state index is 0.232. The molecule has 0 aliphatic heterocycles. The number of pyridine rings is 1. The van der Waals surface area contributed by atoms with Gasteiger partial charge in [0.15, 0.2) is 9.84 Å². The van der Waals surface area contributed by atoms with Crippen molar-refractivity contribution in [3.8, 4) is 11.6 Å². The summed E-state index contributed by atoms with van der Waals surface area (Å²) in [6, 6.07) is 9.41. The number of ether oxygens (including phenoxy) is 1. The van der Waals surface area contributed by atoms with Crippen LogP contribution < -0.4 is 4.74 Å². The van der Waals surface area contributed by atoms with Crippen molar-refractivity contribution >= 4 is 9.84 Å². The number of benzene rings is 1. The van der Waals surface area contributed by atoms with E-state index in [1.54, 1.807) is 37.4 Å². The topological polar surface area (TPSA) is 76.5 Å². The molecule has 1 aromatic heterocycles. The van der Waals surface area contributed by atoms with Gasteiger partial charge in [0.05, 0.1) is 11.0 Å². The molecule has 1 heterocycles. The van der Waals surface area contributed by atoms with Crippen molar-refractivity contribution in [2.45, 2.75) is 17.9 Å². The first-order valence-electron chi connectivity index (χ1n) is 5.98. The standard InChI is InChI=1S/C14H15NO4S/c1-10(16)11-7-8-15-14(9-11)19-12-3-5-13(6-4-12)20(2,17)18/h3-10,16H,1-2H3/t10-/m1/s1. The largest absolute Gasteiger partial charge is 0.439 e. The minimum Gasteiger partial charge on any atom is -0.439 e. The molecule has 0 unspecified atom stereocenters. The molecule has 0 amide bonds. The van der Waals surface area contributed by atoms with Crippen LogP contribution in [0.25, 0.3) is 0 Å². The predicted octanol–water partition coefficient (Wildman–Crippen LogP) is 2.33. The van der Waals surface area contributed by atoms with Crippen molar-refractivity contribution in [3.63, 3.8) is 0 Å². The van der Waals surface area contributed by atoms with Crippen LogP contribution in [0.15, 0.2) is 47.5 Å². The molecule has 0 aliphatic carbocycles. The van der Waals surface area contributed by atoms with Crippen LogP contribution in [-0.4, -0.2) is 24.8 Å². The lowest BCUT2D eigenvalue weighted by Gasteiger charge is -2.08. The van der Waals surface area contributed by atoms with Gasteiger partial charge in [0.2, 0.25) is 5.88 Å². The summed E-state index contributed by atoms with van der Waals surface area (Å²) >= 11 is 0. The van der Waals surface area contributed by atoms with Crippen LogP contribution in [0.4, 0.5) is 0 Å². The van der Waals surface area contributed by atoms with E-state index in [0.29, 0.717) is 17.2 Å². The molecule has 2 rings (SSSR count). The van der Waals surface area contributed by atoms with Gasteiger partial charge in [0, 0.05) is 18.5 Å². The summed E-state index contributed by atoms with van der Waals surface area (Å²) in [5.41, 5.74) is 0.697. The Bertz CT molecular complexity index is 693. The van der Waals surface area contributed by atoms with Gasteiger partial charge in [-0.15, -0.1) is 0 Å². The molecule has 0 spiro atoms. The van der Waals surface area contributed by atoms with Gasteiger partial charge in [0.25, 0.3) is 0 Å². The van der Waals surface area contributed by atoms with Crippen LogP contribution in [0.5, 0.6) is 11.6 Å². The van der Waals surface area contributed by atoms with Gasteiger partial charge in [-0.1, -0.05) is 0 Å². The summed E-state index contributed by atoms with van der Waals surface area (Å²) < 4.78 is 28.2. The van der Waals surface area contributed by atoms with Crippen molar-refractivity contribution in [3.05, 3.63) is 48.2 Å². The molecule has 0 bridgehead atoms. The van der Waals surface area contributed by atoms with Crippen LogP contribution in [0, 0.1) is 0 Å². The first kappa shape index (κ1) is 14.5. The lowest BCUT2D eigenvalue weighted by molar-refractivity contribution is 0.198. The van der Waals surface area contributed by atoms with E-state index in [1.165, 1.54) is 12.1 Å². The maximum absolute atomic E-state index is 11.3. The zero-order valence-corrected chi connectivity index (χ0v) is 12.0. The minimum atomic E-state index is -3.21. The molecule has 5 nitrogen and oxygen atoms in total. The molecule has 0 radical (unpaired) electrons. The van der Waals surface area contributed by atoms with Gasteiger partial charge in [-0.3, -0.25) is 0 Å². The number of aliphatic hydroxyl groups excluding tert-OH is 1. The number of aromatic nitrogens is 1. The molecule has 1 atom stereocenters. The average Bonchev–Trinajstić information content (AvgIpc) is 2.38. The number of aliphatic hydroxyl groups is 1. The first-order chi connectivity index (χ1) is 9.36. The highest BCUT2D eigenvalue weighted by Gasteiger charge is 2.08. The number of hydrogen-bond acceptors (Lipinski definition) is 5. The highest BCUT2D eigenvalue weighted by atomic mass is 32.2. The second kappa shape index (κ2) is 5.60. The summed E-state index contributed by atoms with van der Waals surface area (Å²) in [6.45, 7) is 1.65. The molecule has 2 aromatic rings. The third-order valence-electron chi connectivity index (χ3n) is 2.72. The third-order valence-corrected chi connectivity index (χ3v) is 3.84. The van der Waals surface area contributed by atoms with E-state index in [-0.39, 0.29) is 4.90 Å². The average molecular weight is 293 g/mol. The van der Waals surface area contributed by atoms with Crippen LogP contribution in [-0.2, 0) is 9.84 Å². The second-order valence-electron chi connectivity index (χ2n) is 4.45. The van der Waals surface area contributed by atoms with E-state index in [0.717, 1.165) is 6.26 Å². The summed E-state index contributed by atoms with van der Waals surface area (Å²) in [5.74, 6) is 0.822. The van der Waals surface area contributed by atoms with Crippen LogP contribution in [0.1, 0.15) is 18.6 Å². The van der Waals surface area contributed by atoms with E-state index >= 15 is 0 Å². The fourth-order valence-corrected chi connectivity index (χ4v) is 2.25. The van der Waals surface area contributed by atoms with Crippen LogP contribution in [0.3, 0.4) is 0 Å². The van der Waals surface area contributed by atoms with Crippen molar-refractivity contribution < 1.29 is 18.3 Å². The Labute approximate surface area is 117 Å². The zero-order chi connectivity index (χ0) is 14.8. The van der Waals surface area contributed by atoms with E-state index < -0.39 is 15.9 Å². The highest BCUT2D eigenvalue weighted by Crippen LogP contribution is 2.23. The Balaban J connectivity index is 2.20. The maximum atomic E-state index is 11.3. The number of sulfone groups is 1. The molecule has 1 aromatic carbocycles. The zero-order valence-electron chi connectivity index (χ0n) is 11.1. The number of nitrogens with zero attached hydrogens (tertiary/aromatic N) is 1. The monoisotopic (exact) mass is 293 g/mol. The molecule has 0 saturated carbocycles. The predicted molar refractivity (Wildman–Crippen MR) is 74.5 cm³/mol. The Morgan fingerprint density at radius 1 is 1.20 bits per heavy atom. The van der Waals surface area contributed by atoms with Crippen LogP contribution >= 0.6 is 0 Å². The van der Waals surface area contributed by atoms with Gasteiger partial charge >= 0.3 is 0 Å². The summed E-state index contributed by atoms with van der Waals surface area (Å²) in [6.07, 6.45) is 2.09. The maximum Gasteiger partial charge on any atom is 0.219 e. The lowest BCUT2D eigenvalue weighted by Crippen LogP contribution is -1.97. The van der Waals surface area contributed by atoms with Crippen LogP contribution in [0.2, 0.25) is 0 Å². The molecular formula is C14H15NO4S. The van der Waals surface area contributed by atoms with E-state index in [1.807, 2.05) is 0 Å². The Morgan fingerprint density at radius 3 is 2.40 bits per heavy atom. The smallest absolute Gasteiger partial charge is 0.219 e. The van der Waals surface area contributed by atoms with Gasteiger partial charge < -0.3 is 9.84 Å². The fraction of sp³-hybridized carbons (Fsp3) is 0.214. The van der Waals surface area contributed by atoms with Crippen molar-refractivity contribution in [2.75, 3.05) is 6.26 Å². The Hall–Kier alpha value is -1.92. The van der Waals surface area contributed by atoms with Gasteiger partial charge in [-0.05, 0) is 42.8 Å². The molecule has 0 fully saturated rings. The van der Waals surface area contributed by atoms with Gasteiger partial charge in [-0.2, -0.15) is 0 Å². The first-order valence-corrected chi connectivity index (χ1v) is 7.87. The molecule has 0 aliphatic rings. The normalized spacial score (nSPS) is 12.9. The Kier molecular flexibility index (Phi) is 4.06. The summed E-state index contributed by atoms with van der Waals surface area (Å²) in [4.78, 5) is 4.27. The molecule has 6 heteroatoms. The van der Waals surface area contributed by atoms with Crippen molar-refractivity contribution in [1.82, 2.24) is 4.98 Å². The fourth-order valence-electron chi connectivity index (χ4n) is 1.62. The lowest BCUT2D eigenvalue weighted by atomic mass is 10.2. The SMILES string of the molecule is C[C@@H](O)c1ccnc(Oc2ccc(S(C)(=O)=O)cc2)c1. The molecule has 1 N–H and O–H groups in total. The van der Waals surface area contributed by atoms with Gasteiger partial charge in [-0.25, -0.2) is 13.4 Å². The van der Waals surface area contributed by atoms with Crippen molar-refractivity contribution in [1.29, 1.82) is 0 Å².